The van der Waals surface area contributed by atoms with Crippen molar-refractivity contribution in [3.05, 3.63) is 29.8 Å². The molecule has 22 heavy (non-hydrogen) atoms. The van der Waals surface area contributed by atoms with Crippen molar-refractivity contribution in [1.29, 1.82) is 0 Å². The summed E-state index contributed by atoms with van der Waals surface area (Å²) < 4.78 is 5.64. The van der Waals surface area contributed by atoms with E-state index >= 15 is 0 Å². The summed E-state index contributed by atoms with van der Waals surface area (Å²) in [6.07, 6.45) is 5.60. The monoisotopic (exact) mass is 303 g/mol. The molecule has 2 saturated carbocycles. The number of hydrogen-bond donors (Lipinski definition) is 2. The minimum absolute atomic E-state index is 0.0567. The summed E-state index contributed by atoms with van der Waals surface area (Å²) in [6.45, 7) is 6.10. The van der Waals surface area contributed by atoms with Gasteiger partial charge in [0.05, 0.1) is 6.61 Å². The van der Waals surface area contributed by atoms with Gasteiger partial charge in [-0.2, -0.15) is 0 Å². The fourth-order valence-corrected chi connectivity index (χ4v) is 4.73. The summed E-state index contributed by atoms with van der Waals surface area (Å²) in [5.41, 5.74) is 1.59. The molecule has 3 atom stereocenters. The van der Waals surface area contributed by atoms with Crippen LogP contribution in [0.2, 0.25) is 0 Å². The maximum absolute atomic E-state index is 8.94. The summed E-state index contributed by atoms with van der Waals surface area (Å²) in [5.74, 6) is 2.65. The largest absolute Gasteiger partial charge is 0.491 e. The van der Waals surface area contributed by atoms with Crippen LogP contribution < -0.4 is 10.1 Å². The van der Waals surface area contributed by atoms with Gasteiger partial charge in [0.2, 0.25) is 0 Å². The van der Waals surface area contributed by atoms with Crippen molar-refractivity contribution in [3.63, 3.8) is 0 Å². The molecule has 2 aliphatic carbocycles. The first-order chi connectivity index (χ1) is 10.6. The molecule has 1 aromatic rings. The molecule has 122 valence electrons. The van der Waals surface area contributed by atoms with Crippen LogP contribution in [0.1, 0.15) is 45.1 Å². The van der Waals surface area contributed by atoms with Gasteiger partial charge in [-0.05, 0) is 36.2 Å². The van der Waals surface area contributed by atoms with Crippen molar-refractivity contribution in [2.45, 2.75) is 52.1 Å². The molecule has 0 spiro atoms. The number of hydrogen-bond acceptors (Lipinski definition) is 3. The van der Waals surface area contributed by atoms with Gasteiger partial charge in [-0.25, -0.2) is 0 Å². The fraction of sp³-hybridized carbons (Fsp3) is 0.684. The zero-order valence-corrected chi connectivity index (χ0v) is 13.8. The highest BCUT2D eigenvalue weighted by Crippen LogP contribution is 2.57. The normalized spacial score (nSPS) is 29.5. The van der Waals surface area contributed by atoms with Crippen molar-refractivity contribution in [2.75, 3.05) is 13.2 Å². The minimum Gasteiger partial charge on any atom is -0.491 e. The van der Waals surface area contributed by atoms with Crippen LogP contribution in [0.5, 0.6) is 5.75 Å². The summed E-state index contributed by atoms with van der Waals surface area (Å²) >= 11 is 0. The molecule has 0 amide bonds. The first-order valence-electron chi connectivity index (χ1n) is 8.69. The van der Waals surface area contributed by atoms with Crippen LogP contribution in [0.3, 0.4) is 0 Å². The average molecular weight is 303 g/mol. The number of benzene rings is 1. The Bertz CT molecular complexity index is 500. The van der Waals surface area contributed by atoms with Gasteiger partial charge in [0, 0.05) is 18.2 Å². The molecule has 3 heteroatoms. The fourth-order valence-electron chi connectivity index (χ4n) is 4.73. The average Bonchev–Trinajstić information content (AvgIpc) is 2.54. The standard InChI is InChI=1S/C19H29NO2/c1-19(2)16-9-5-4-8-15(16)18(19)20-13-14-7-3-6-10-17(14)22-12-11-21/h3,6-7,10,15-16,18,20-21H,4-5,8-9,11-13H2,1-2H3/t15-,16+,18-/m1/s1. The molecule has 3 nitrogen and oxygen atoms in total. The van der Waals surface area contributed by atoms with Crippen LogP contribution in [0.4, 0.5) is 0 Å². The molecule has 0 unspecified atom stereocenters. The van der Waals surface area contributed by atoms with Crippen LogP contribution in [0, 0.1) is 17.3 Å². The van der Waals surface area contributed by atoms with Gasteiger partial charge in [-0.15, -0.1) is 0 Å². The lowest BCUT2D eigenvalue weighted by atomic mass is 9.48. The Kier molecular flexibility index (Phi) is 4.74. The van der Waals surface area contributed by atoms with Gasteiger partial charge in [0.1, 0.15) is 12.4 Å². The molecule has 2 aliphatic rings. The lowest BCUT2D eigenvalue weighted by Gasteiger charge is -2.61. The quantitative estimate of drug-likeness (QED) is 0.846. The van der Waals surface area contributed by atoms with Crippen LogP contribution in [0.25, 0.3) is 0 Å². The van der Waals surface area contributed by atoms with E-state index in [4.69, 9.17) is 9.84 Å². The van der Waals surface area contributed by atoms with Crippen LogP contribution >= 0.6 is 0 Å². The van der Waals surface area contributed by atoms with E-state index in [0.717, 1.165) is 24.1 Å². The highest BCUT2D eigenvalue weighted by atomic mass is 16.5. The van der Waals surface area contributed by atoms with E-state index in [2.05, 4.69) is 31.3 Å². The van der Waals surface area contributed by atoms with E-state index in [1.165, 1.54) is 31.2 Å². The third kappa shape index (κ3) is 2.89. The molecule has 0 radical (unpaired) electrons. The summed E-state index contributed by atoms with van der Waals surface area (Å²) in [6, 6.07) is 8.76. The lowest BCUT2D eigenvalue weighted by Crippen LogP contribution is -2.64. The van der Waals surface area contributed by atoms with Crippen molar-refractivity contribution < 1.29 is 9.84 Å². The van der Waals surface area contributed by atoms with Crippen molar-refractivity contribution in [1.82, 2.24) is 5.32 Å². The van der Waals surface area contributed by atoms with Gasteiger partial charge in [0.15, 0.2) is 0 Å². The molecule has 0 heterocycles. The van der Waals surface area contributed by atoms with Gasteiger partial charge >= 0.3 is 0 Å². The molecule has 2 fully saturated rings. The zero-order valence-electron chi connectivity index (χ0n) is 13.8. The van der Waals surface area contributed by atoms with Crippen molar-refractivity contribution in [2.24, 2.45) is 17.3 Å². The van der Waals surface area contributed by atoms with Gasteiger partial charge in [-0.1, -0.05) is 44.9 Å². The summed E-state index contributed by atoms with van der Waals surface area (Å²) in [5, 5.41) is 12.7. The van der Waals surface area contributed by atoms with Gasteiger partial charge < -0.3 is 15.2 Å². The number of para-hydroxylation sites is 1. The molecule has 0 bridgehead atoms. The Balaban J connectivity index is 1.63. The molecule has 1 aromatic carbocycles. The number of fused-ring (bicyclic) bond motifs is 1. The zero-order chi connectivity index (χ0) is 15.6. The SMILES string of the molecule is CC1(C)[C@H](NCc2ccccc2OCCO)[C@@H]2CCCC[C@@H]21. The smallest absolute Gasteiger partial charge is 0.123 e. The molecular formula is C19H29NO2. The van der Waals surface area contributed by atoms with Gasteiger partial charge in [0.25, 0.3) is 0 Å². The van der Waals surface area contributed by atoms with E-state index in [-0.39, 0.29) is 6.61 Å². The molecule has 0 aromatic heterocycles. The number of nitrogens with one attached hydrogen (secondary N) is 1. The summed E-state index contributed by atoms with van der Waals surface area (Å²) in [7, 11) is 0. The topological polar surface area (TPSA) is 41.5 Å². The predicted molar refractivity (Wildman–Crippen MR) is 88.9 cm³/mol. The maximum atomic E-state index is 8.94. The van der Waals surface area contributed by atoms with E-state index in [0.29, 0.717) is 18.1 Å². The summed E-state index contributed by atoms with van der Waals surface area (Å²) in [4.78, 5) is 0. The highest BCUT2D eigenvalue weighted by Gasteiger charge is 2.55. The molecule has 3 rings (SSSR count). The Morgan fingerprint density at radius 2 is 2.00 bits per heavy atom. The Labute approximate surface area is 134 Å². The Morgan fingerprint density at radius 3 is 2.82 bits per heavy atom. The molecule has 0 saturated heterocycles. The maximum Gasteiger partial charge on any atom is 0.123 e. The molecular weight excluding hydrogens is 274 g/mol. The van der Waals surface area contributed by atoms with Crippen molar-refractivity contribution >= 4 is 0 Å². The third-order valence-electron chi connectivity index (χ3n) is 5.84. The van der Waals surface area contributed by atoms with E-state index < -0.39 is 0 Å². The van der Waals surface area contributed by atoms with Crippen LogP contribution in [0.15, 0.2) is 24.3 Å². The number of rotatable bonds is 6. The van der Waals surface area contributed by atoms with E-state index in [1.54, 1.807) is 0 Å². The molecule has 0 aliphatic heterocycles. The second-order valence-corrected chi connectivity index (χ2v) is 7.41. The Hall–Kier alpha value is -1.06. The number of aliphatic hydroxyl groups excluding tert-OH is 1. The number of aliphatic hydroxyl groups is 1. The minimum atomic E-state index is 0.0567. The number of ether oxygens (including phenoxy) is 1. The third-order valence-corrected chi connectivity index (χ3v) is 5.84. The molecule has 2 N–H and O–H groups in total. The van der Waals surface area contributed by atoms with Gasteiger partial charge in [-0.3, -0.25) is 0 Å². The lowest BCUT2D eigenvalue weighted by molar-refractivity contribution is -0.0882. The predicted octanol–water partition coefficient (Wildman–Crippen LogP) is 3.36. The Morgan fingerprint density at radius 1 is 1.23 bits per heavy atom. The first-order valence-corrected chi connectivity index (χ1v) is 8.69. The van der Waals surface area contributed by atoms with E-state index in [1.807, 2.05) is 12.1 Å². The van der Waals surface area contributed by atoms with Crippen LogP contribution in [-0.4, -0.2) is 24.4 Å². The first kappa shape index (κ1) is 15.8. The van der Waals surface area contributed by atoms with Crippen molar-refractivity contribution in [3.8, 4) is 5.75 Å². The highest BCUT2D eigenvalue weighted by molar-refractivity contribution is 5.33. The second kappa shape index (κ2) is 6.59. The van der Waals surface area contributed by atoms with E-state index in [9.17, 15) is 0 Å². The van der Waals surface area contributed by atoms with Crippen LogP contribution in [-0.2, 0) is 6.54 Å². The second-order valence-electron chi connectivity index (χ2n) is 7.41.